The number of benzene rings is 1. The number of piperidine rings is 1. The lowest BCUT2D eigenvalue weighted by atomic mass is 9.78. The first kappa shape index (κ1) is 14.4. The van der Waals surface area contributed by atoms with Crippen molar-refractivity contribution >= 4 is 35.0 Å². The largest absolute Gasteiger partial charge is 0.296 e. The normalized spacial score (nSPS) is 23.3. The quantitative estimate of drug-likeness (QED) is 0.868. The Hall–Kier alpha value is -1.06. The van der Waals surface area contributed by atoms with E-state index in [1.54, 1.807) is 12.1 Å². The van der Waals surface area contributed by atoms with Crippen molar-refractivity contribution in [3.63, 3.8) is 0 Å². The second-order valence-corrected chi connectivity index (χ2v) is 5.63. The van der Waals surface area contributed by atoms with E-state index >= 15 is 0 Å². The van der Waals surface area contributed by atoms with E-state index < -0.39 is 0 Å². The van der Waals surface area contributed by atoms with E-state index in [4.69, 9.17) is 23.2 Å². The molecule has 2 atom stereocenters. The highest BCUT2D eigenvalue weighted by molar-refractivity contribution is 6.35. The van der Waals surface area contributed by atoms with Crippen LogP contribution >= 0.6 is 23.2 Å². The van der Waals surface area contributed by atoms with E-state index in [9.17, 15) is 9.59 Å². The van der Waals surface area contributed by atoms with Crippen LogP contribution < -0.4 is 5.32 Å². The highest BCUT2D eigenvalue weighted by Crippen LogP contribution is 2.38. The van der Waals surface area contributed by atoms with Crippen LogP contribution in [0.4, 0.5) is 0 Å². The molecule has 19 heavy (non-hydrogen) atoms. The molecule has 0 spiro atoms. The summed E-state index contributed by atoms with van der Waals surface area (Å²) >= 11 is 12.1. The topological polar surface area (TPSA) is 46.2 Å². The summed E-state index contributed by atoms with van der Waals surface area (Å²) in [6, 6.07) is 5.20. The predicted molar refractivity (Wildman–Crippen MR) is 75.4 cm³/mol. The minimum Gasteiger partial charge on any atom is -0.296 e. The Morgan fingerprint density at radius 2 is 2.05 bits per heavy atom. The molecule has 1 aliphatic heterocycles. The van der Waals surface area contributed by atoms with Gasteiger partial charge in [0.2, 0.25) is 11.8 Å². The molecule has 2 amide bonds. The summed E-state index contributed by atoms with van der Waals surface area (Å²) in [5.74, 6) is -0.810. The lowest BCUT2D eigenvalue weighted by Gasteiger charge is -2.30. The number of carbonyl (C=O) groups excluding carboxylic acids is 2. The molecular weight excluding hydrogens is 285 g/mol. The van der Waals surface area contributed by atoms with Gasteiger partial charge in [0.15, 0.2) is 0 Å². The molecular formula is C14H15Cl2NO2. The Labute approximate surface area is 122 Å². The molecule has 0 saturated carbocycles. The van der Waals surface area contributed by atoms with Gasteiger partial charge in [0.05, 0.1) is 0 Å². The summed E-state index contributed by atoms with van der Waals surface area (Å²) in [7, 11) is 0. The Morgan fingerprint density at radius 1 is 1.32 bits per heavy atom. The summed E-state index contributed by atoms with van der Waals surface area (Å²) in [5.41, 5.74) is 0.827. The van der Waals surface area contributed by atoms with Crippen LogP contribution in [0.1, 0.15) is 37.7 Å². The van der Waals surface area contributed by atoms with Crippen molar-refractivity contribution in [1.29, 1.82) is 0 Å². The van der Waals surface area contributed by atoms with Gasteiger partial charge >= 0.3 is 0 Å². The van der Waals surface area contributed by atoms with Crippen LogP contribution in [0.15, 0.2) is 18.2 Å². The molecule has 2 unspecified atom stereocenters. The van der Waals surface area contributed by atoms with Gasteiger partial charge in [0.25, 0.3) is 0 Å². The van der Waals surface area contributed by atoms with Gasteiger partial charge in [-0.05, 0) is 24.1 Å². The van der Waals surface area contributed by atoms with E-state index in [1.165, 1.54) is 0 Å². The van der Waals surface area contributed by atoms with Crippen molar-refractivity contribution in [3.05, 3.63) is 33.8 Å². The molecule has 2 rings (SSSR count). The number of hydrogen-bond donors (Lipinski definition) is 1. The molecule has 0 aliphatic carbocycles. The molecule has 1 aliphatic rings. The van der Waals surface area contributed by atoms with Crippen molar-refractivity contribution in [1.82, 2.24) is 5.32 Å². The van der Waals surface area contributed by atoms with Crippen molar-refractivity contribution in [2.24, 2.45) is 5.92 Å². The third kappa shape index (κ3) is 3.10. The summed E-state index contributed by atoms with van der Waals surface area (Å²) in [4.78, 5) is 23.5. The van der Waals surface area contributed by atoms with Crippen LogP contribution in [-0.4, -0.2) is 11.8 Å². The molecule has 1 aromatic rings. The number of rotatable bonds is 3. The number of hydrogen-bond acceptors (Lipinski definition) is 2. The maximum atomic E-state index is 12.0. The average molecular weight is 300 g/mol. The lowest BCUT2D eigenvalue weighted by molar-refractivity contribution is -0.137. The van der Waals surface area contributed by atoms with Crippen molar-refractivity contribution in [2.45, 2.75) is 32.1 Å². The van der Waals surface area contributed by atoms with Crippen LogP contribution in [-0.2, 0) is 9.59 Å². The smallest absolute Gasteiger partial charge is 0.230 e. The third-order valence-electron chi connectivity index (χ3n) is 3.45. The second-order valence-electron chi connectivity index (χ2n) is 4.78. The van der Waals surface area contributed by atoms with Gasteiger partial charge in [0.1, 0.15) is 0 Å². The number of halogens is 2. The number of nitrogens with one attached hydrogen (secondary N) is 1. The van der Waals surface area contributed by atoms with Gasteiger partial charge in [-0.15, -0.1) is 0 Å². The zero-order chi connectivity index (χ0) is 14.0. The Balaban J connectivity index is 2.37. The van der Waals surface area contributed by atoms with E-state index in [0.29, 0.717) is 10.0 Å². The molecule has 0 radical (unpaired) electrons. The van der Waals surface area contributed by atoms with E-state index in [2.05, 4.69) is 5.32 Å². The van der Waals surface area contributed by atoms with Crippen molar-refractivity contribution in [3.8, 4) is 0 Å². The summed E-state index contributed by atoms with van der Waals surface area (Å²) in [6.07, 6.45) is 1.91. The molecule has 1 saturated heterocycles. The van der Waals surface area contributed by atoms with Crippen molar-refractivity contribution in [2.75, 3.05) is 0 Å². The first-order valence-electron chi connectivity index (χ1n) is 6.31. The van der Waals surface area contributed by atoms with Gasteiger partial charge < -0.3 is 0 Å². The predicted octanol–water partition coefficient (Wildman–Crippen LogP) is 3.54. The van der Waals surface area contributed by atoms with Gasteiger partial charge in [-0.25, -0.2) is 0 Å². The molecule has 1 aromatic carbocycles. The highest BCUT2D eigenvalue weighted by Gasteiger charge is 2.36. The van der Waals surface area contributed by atoms with Gasteiger partial charge in [-0.3, -0.25) is 14.9 Å². The van der Waals surface area contributed by atoms with Crippen LogP contribution in [0.3, 0.4) is 0 Å². The molecule has 0 aromatic heterocycles. The molecule has 5 heteroatoms. The summed E-state index contributed by atoms with van der Waals surface area (Å²) < 4.78 is 0. The lowest BCUT2D eigenvalue weighted by Crippen LogP contribution is -2.44. The zero-order valence-electron chi connectivity index (χ0n) is 10.6. The van der Waals surface area contributed by atoms with Crippen LogP contribution in [0.2, 0.25) is 10.0 Å². The maximum absolute atomic E-state index is 12.0. The fourth-order valence-electron chi connectivity index (χ4n) is 2.58. The van der Waals surface area contributed by atoms with Crippen LogP contribution in [0, 0.1) is 5.92 Å². The Kier molecular flexibility index (Phi) is 4.48. The number of carbonyl (C=O) groups is 2. The molecule has 0 bridgehead atoms. The third-order valence-corrected chi connectivity index (χ3v) is 4.01. The average Bonchev–Trinajstić information content (AvgIpc) is 2.32. The molecule has 1 heterocycles. The standard InChI is InChI=1S/C14H15Cl2NO2/c1-2-3-10-11(7-13(18)17-14(10)19)9-5-4-8(15)6-12(9)16/h4-6,10-11H,2-3,7H2,1H3,(H,17,18,19). The minimum atomic E-state index is -0.242. The van der Waals surface area contributed by atoms with Crippen LogP contribution in [0.5, 0.6) is 0 Å². The first-order chi connectivity index (χ1) is 9.02. The number of imide groups is 1. The molecule has 1 fully saturated rings. The molecule has 102 valence electrons. The van der Waals surface area contributed by atoms with Crippen LogP contribution in [0.25, 0.3) is 0 Å². The van der Waals surface area contributed by atoms with Gasteiger partial charge in [0, 0.05) is 28.3 Å². The molecule has 1 N–H and O–H groups in total. The monoisotopic (exact) mass is 299 g/mol. The zero-order valence-corrected chi connectivity index (χ0v) is 12.1. The van der Waals surface area contributed by atoms with Gasteiger partial charge in [-0.1, -0.05) is 42.6 Å². The SMILES string of the molecule is CCCC1C(=O)NC(=O)CC1c1ccc(Cl)cc1Cl. The van der Waals surface area contributed by atoms with E-state index in [-0.39, 0.29) is 30.1 Å². The Morgan fingerprint density at radius 3 is 2.68 bits per heavy atom. The van der Waals surface area contributed by atoms with Gasteiger partial charge in [-0.2, -0.15) is 0 Å². The van der Waals surface area contributed by atoms with Crippen molar-refractivity contribution < 1.29 is 9.59 Å². The fraction of sp³-hybridized carbons (Fsp3) is 0.429. The molecule has 3 nitrogen and oxygen atoms in total. The second kappa shape index (κ2) is 5.93. The van der Waals surface area contributed by atoms with E-state index in [0.717, 1.165) is 18.4 Å². The number of amides is 2. The first-order valence-corrected chi connectivity index (χ1v) is 7.07. The Bertz CT molecular complexity index is 516. The fourth-order valence-corrected chi connectivity index (χ4v) is 3.13. The maximum Gasteiger partial charge on any atom is 0.230 e. The highest BCUT2D eigenvalue weighted by atomic mass is 35.5. The summed E-state index contributed by atoms with van der Waals surface area (Å²) in [5, 5.41) is 3.46. The minimum absolute atomic E-state index is 0.161. The summed E-state index contributed by atoms with van der Waals surface area (Å²) in [6.45, 7) is 2.02. The van der Waals surface area contributed by atoms with E-state index in [1.807, 2.05) is 13.0 Å².